The van der Waals surface area contributed by atoms with Crippen LogP contribution in [0.15, 0.2) is 9.31 Å². The summed E-state index contributed by atoms with van der Waals surface area (Å²) >= 11 is 0. The van der Waals surface area contributed by atoms with Crippen LogP contribution < -0.4 is 4.72 Å². The van der Waals surface area contributed by atoms with Crippen LogP contribution >= 0.6 is 0 Å². The molecule has 2 rings (SSSR count). The van der Waals surface area contributed by atoms with Crippen LogP contribution in [0.1, 0.15) is 29.9 Å². The molecule has 1 aliphatic heterocycles. The second-order valence-corrected chi connectivity index (χ2v) is 7.01. The molecule has 7 heteroatoms. The molecule has 0 bridgehead atoms. The number of rotatable bonds is 5. The van der Waals surface area contributed by atoms with Gasteiger partial charge in [0, 0.05) is 18.2 Å². The van der Waals surface area contributed by atoms with Crippen molar-refractivity contribution in [3.8, 4) is 0 Å². The first kappa shape index (κ1) is 15.5. The van der Waals surface area contributed by atoms with Crippen molar-refractivity contribution in [3.05, 3.63) is 17.1 Å². The normalized spacial score (nSPS) is 20.7. The number of nitrogens with zero attached hydrogens (tertiary/aromatic N) is 1. The molecule has 2 heterocycles. The van der Waals surface area contributed by atoms with Crippen LogP contribution in [0.4, 0.5) is 0 Å². The van der Waals surface area contributed by atoms with Crippen LogP contribution in [0.3, 0.4) is 0 Å². The minimum absolute atomic E-state index is 0.0816. The molecular formula is C13H22N2O4S. The second-order valence-electron chi connectivity index (χ2n) is 5.31. The molecule has 6 nitrogen and oxygen atoms in total. The number of aliphatic hydroxyl groups excluding tert-OH is 1. The molecule has 1 aromatic rings. The lowest BCUT2D eigenvalue weighted by atomic mass is 10.2. The standard InChI is InChI=1S/C13H22N2O4S/c1-9-12(8-16)13(10(2)19-9)20(17,18)14-7-11-5-4-6-15(11)3/h11,14,16H,4-8H2,1-3H3. The van der Waals surface area contributed by atoms with E-state index >= 15 is 0 Å². The van der Waals surface area contributed by atoms with Crippen LogP contribution in [-0.4, -0.2) is 44.6 Å². The molecule has 0 aliphatic carbocycles. The molecule has 0 radical (unpaired) electrons. The summed E-state index contributed by atoms with van der Waals surface area (Å²) in [4.78, 5) is 2.24. The van der Waals surface area contributed by atoms with E-state index in [1.165, 1.54) is 0 Å². The largest absolute Gasteiger partial charge is 0.465 e. The maximum absolute atomic E-state index is 12.4. The fourth-order valence-electron chi connectivity index (χ4n) is 2.76. The number of likely N-dealkylation sites (tertiary alicyclic amines) is 1. The van der Waals surface area contributed by atoms with E-state index in [4.69, 9.17) is 4.42 Å². The Morgan fingerprint density at radius 2 is 2.10 bits per heavy atom. The van der Waals surface area contributed by atoms with Crippen molar-refractivity contribution in [2.45, 2.75) is 44.2 Å². The Hall–Kier alpha value is -0.890. The molecule has 1 unspecified atom stereocenters. The minimum atomic E-state index is -3.65. The van der Waals surface area contributed by atoms with Crippen molar-refractivity contribution in [1.29, 1.82) is 0 Å². The first-order valence-corrected chi connectivity index (χ1v) is 8.24. The van der Waals surface area contributed by atoms with Crippen LogP contribution in [0.2, 0.25) is 0 Å². The van der Waals surface area contributed by atoms with Gasteiger partial charge in [-0.2, -0.15) is 0 Å². The molecule has 0 saturated carbocycles. The predicted octanol–water partition coefficient (Wildman–Crippen LogP) is 0.761. The summed E-state index contributed by atoms with van der Waals surface area (Å²) in [6.07, 6.45) is 2.09. The number of sulfonamides is 1. The first-order valence-electron chi connectivity index (χ1n) is 6.76. The van der Waals surface area contributed by atoms with Crippen molar-refractivity contribution >= 4 is 10.0 Å². The molecule has 1 atom stereocenters. The van der Waals surface area contributed by atoms with Gasteiger partial charge in [0.25, 0.3) is 0 Å². The van der Waals surface area contributed by atoms with E-state index in [9.17, 15) is 13.5 Å². The van der Waals surface area contributed by atoms with Crippen LogP contribution in [0.25, 0.3) is 0 Å². The average Bonchev–Trinajstić information content (AvgIpc) is 2.90. The van der Waals surface area contributed by atoms with Gasteiger partial charge < -0.3 is 14.4 Å². The topological polar surface area (TPSA) is 82.8 Å². The highest BCUT2D eigenvalue weighted by atomic mass is 32.2. The fourth-order valence-corrected chi connectivity index (χ4v) is 4.27. The zero-order valence-electron chi connectivity index (χ0n) is 12.1. The van der Waals surface area contributed by atoms with Gasteiger partial charge in [-0.25, -0.2) is 13.1 Å². The third kappa shape index (κ3) is 2.90. The molecule has 1 fully saturated rings. The monoisotopic (exact) mass is 302 g/mol. The van der Waals surface area contributed by atoms with Crippen molar-refractivity contribution in [2.75, 3.05) is 20.1 Å². The van der Waals surface area contributed by atoms with E-state index in [1.54, 1.807) is 13.8 Å². The van der Waals surface area contributed by atoms with Crippen LogP contribution in [0.5, 0.6) is 0 Å². The number of likely N-dealkylation sites (N-methyl/N-ethyl adjacent to an activating group) is 1. The maximum atomic E-state index is 12.4. The van der Waals surface area contributed by atoms with Gasteiger partial charge in [0.2, 0.25) is 10.0 Å². The number of hydrogen-bond acceptors (Lipinski definition) is 5. The number of aryl methyl sites for hydroxylation is 2. The summed E-state index contributed by atoms with van der Waals surface area (Å²) in [7, 11) is -1.66. The Bertz CT molecular complexity index is 579. The number of furan rings is 1. The molecule has 0 amide bonds. The minimum Gasteiger partial charge on any atom is -0.465 e. The zero-order chi connectivity index (χ0) is 14.9. The quantitative estimate of drug-likeness (QED) is 0.839. The molecular weight excluding hydrogens is 280 g/mol. The summed E-state index contributed by atoms with van der Waals surface area (Å²) < 4.78 is 32.8. The van der Waals surface area contributed by atoms with Gasteiger partial charge >= 0.3 is 0 Å². The Kier molecular flexibility index (Phi) is 4.53. The van der Waals surface area contributed by atoms with Gasteiger partial charge in [-0.1, -0.05) is 0 Å². The summed E-state index contributed by atoms with van der Waals surface area (Å²) in [6, 6.07) is 0.232. The van der Waals surface area contributed by atoms with E-state index in [0.717, 1.165) is 19.4 Å². The van der Waals surface area contributed by atoms with Gasteiger partial charge in [0.05, 0.1) is 6.61 Å². The third-order valence-electron chi connectivity index (χ3n) is 3.93. The fraction of sp³-hybridized carbons (Fsp3) is 0.692. The molecule has 1 aliphatic rings. The highest BCUT2D eigenvalue weighted by Crippen LogP contribution is 2.26. The lowest BCUT2D eigenvalue weighted by molar-refractivity contribution is 0.276. The molecule has 1 aromatic heterocycles. The summed E-state index contributed by atoms with van der Waals surface area (Å²) in [5.41, 5.74) is 0.342. The van der Waals surface area contributed by atoms with Gasteiger partial charge in [0.1, 0.15) is 16.4 Å². The van der Waals surface area contributed by atoms with Crippen molar-refractivity contribution < 1.29 is 17.9 Å². The Morgan fingerprint density at radius 1 is 1.40 bits per heavy atom. The van der Waals surface area contributed by atoms with Crippen LogP contribution in [-0.2, 0) is 16.6 Å². The lowest BCUT2D eigenvalue weighted by Crippen LogP contribution is -2.38. The van der Waals surface area contributed by atoms with E-state index in [1.807, 2.05) is 7.05 Å². The average molecular weight is 302 g/mol. The highest BCUT2D eigenvalue weighted by molar-refractivity contribution is 7.89. The number of aliphatic hydroxyl groups is 1. The SMILES string of the molecule is Cc1oc(C)c(S(=O)(=O)NCC2CCCN2C)c1CO. The third-order valence-corrected chi connectivity index (χ3v) is 5.55. The summed E-state index contributed by atoms with van der Waals surface area (Å²) in [5.74, 6) is 0.766. The van der Waals surface area contributed by atoms with Crippen molar-refractivity contribution in [3.63, 3.8) is 0 Å². The van der Waals surface area contributed by atoms with Gasteiger partial charge in [-0.15, -0.1) is 0 Å². The summed E-state index contributed by atoms with van der Waals surface area (Å²) in [6.45, 7) is 4.29. The number of hydrogen-bond donors (Lipinski definition) is 2. The van der Waals surface area contributed by atoms with Crippen molar-refractivity contribution in [2.24, 2.45) is 0 Å². The maximum Gasteiger partial charge on any atom is 0.244 e. The Morgan fingerprint density at radius 3 is 2.65 bits per heavy atom. The van der Waals surface area contributed by atoms with Gasteiger partial charge in [0.15, 0.2) is 0 Å². The smallest absolute Gasteiger partial charge is 0.244 e. The van der Waals surface area contributed by atoms with E-state index in [2.05, 4.69) is 9.62 Å². The van der Waals surface area contributed by atoms with E-state index < -0.39 is 10.0 Å². The first-order chi connectivity index (χ1) is 9.36. The van der Waals surface area contributed by atoms with Crippen molar-refractivity contribution in [1.82, 2.24) is 9.62 Å². The molecule has 0 aromatic carbocycles. The van der Waals surface area contributed by atoms with E-state index in [0.29, 0.717) is 23.6 Å². The molecule has 1 saturated heterocycles. The molecule has 20 heavy (non-hydrogen) atoms. The second kappa shape index (κ2) is 5.85. The van der Waals surface area contributed by atoms with Gasteiger partial charge in [-0.3, -0.25) is 0 Å². The molecule has 0 spiro atoms. The lowest BCUT2D eigenvalue weighted by Gasteiger charge is -2.19. The predicted molar refractivity (Wildman–Crippen MR) is 74.9 cm³/mol. The summed E-state index contributed by atoms with van der Waals surface area (Å²) in [5, 5.41) is 9.34. The Balaban J connectivity index is 2.18. The molecule has 2 N–H and O–H groups in total. The van der Waals surface area contributed by atoms with Gasteiger partial charge in [-0.05, 0) is 40.3 Å². The Labute approximate surface area is 119 Å². The number of nitrogens with one attached hydrogen (secondary N) is 1. The van der Waals surface area contributed by atoms with Crippen LogP contribution in [0, 0.1) is 13.8 Å². The highest BCUT2D eigenvalue weighted by Gasteiger charge is 2.28. The zero-order valence-corrected chi connectivity index (χ0v) is 13.0. The molecule has 114 valence electrons. The van der Waals surface area contributed by atoms with E-state index in [-0.39, 0.29) is 17.5 Å².